The van der Waals surface area contributed by atoms with Crippen LogP contribution < -0.4 is 5.32 Å². The number of amides is 1. The molecular formula is C13H26F3NO2. The van der Waals surface area contributed by atoms with Crippen LogP contribution in [0.15, 0.2) is 0 Å². The zero-order chi connectivity index (χ0) is 15.7. The summed E-state index contributed by atoms with van der Waals surface area (Å²) in [5, 5.41) is 11.6. The Morgan fingerprint density at radius 1 is 1.26 bits per heavy atom. The van der Waals surface area contributed by atoms with Crippen molar-refractivity contribution in [2.45, 2.75) is 65.7 Å². The number of aliphatic hydroxyl groups is 1. The molecule has 0 aromatic rings. The Hall–Kier alpha value is -0.780. The summed E-state index contributed by atoms with van der Waals surface area (Å²) in [7, 11) is 0. The molecule has 0 atom stereocenters. The van der Waals surface area contributed by atoms with Gasteiger partial charge in [-0.15, -0.1) is 0 Å². The average Bonchev–Trinajstić information content (AvgIpc) is 2.35. The average molecular weight is 285 g/mol. The van der Waals surface area contributed by atoms with Crippen LogP contribution in [0.4, 0.5) is 13.2 Å². The number of alkyl halides is 3. The molecule has 0 unspecified atom stereocenters. The number of carbonyl (C=O) groups excluding carboxylic acids is 1. The van der Waals surface area contributed by atoms with Gasteiger partial charge in [-0.3, -0.25) is 4.79 Å². The molecule has 3 nitrogen and oxygen atoms in total. The maximum atomic E-state index is 12.2. The fraction of sp³-hybridized carbons (Fsp3) is 0.923. The Kier molecular flexibility index (Phi) is 9.92. The lowest BCUT2D eigenvalue weighted by molar-refractivity contribution is -0.296. The van der Waals surface area contributed by atoms with E-state index >= 15 is 0 Å². The van der Waals surface area contributed by atoms with E-state index in [1.54, 1.807) is 0 Å². The molecule has 0 bridgehead atoms. The first-order valence-corrected chi connectivity index (χ1v) is 6.87. The van der Waals surface area contributed by atoms with Crippen LogP contribution in [0.1, 0.15) is 53.9 Å². The van der Waals surface area contributed by atoms with Crippen molar-refractivity contribution in [2.75, 3.05) is 6.54 Å². The normalized spacial score (nSPS) is 25.0. The molecular weight excluding hydrogens is 259 g/mol. The first-order valence-electron chi connectivity index (χ1n) is 6.87. The lowest BCUT2D eigenvalue weighted by Crippen LogP contribution is -2.58. The highest BCUT2D eigenvalue weighted by atomic mass is 19.4. The molecule has 6 heteroatoms. The van der Waals surface area contributed by atoms with Crippen LogP contribution in [0.5, 0.6) is 0 Å². The summed E-state index contributed by atoms with van der Waals surface area (Å²) < 4.78 is 36.6. The van der Waals surface area contributed by atoms with Crippen molar-refractivity contribution in [3.8, 4) is 0 Å². The van der Waals surface area contributed by atoms with Gasteiger partial charge in [0.1, 0.15) is 0 Å². The van der Waals surface area contributed by atoms with Gasteiger partial charge in [-0.2, -0.15) is 13.2 Å². The largest absolute Gasteiger partial charge is 0.417 e. The molecule has 1 saturated carbocycles. The van der Waals surface area contributed by atoms with Crippen LogP contribution in [-0.4, -0.2) is 29.3 Å². The second kappa shape index (κ2) is 9.18. The molecule has 0 radical (unpaired) electrons. The van der Waals surface area contributed by atoms with E-state index in [0.29, 0.717) is 6.54 Å². The Morgan fingerprint density at radius 3 is 2.00 bits per heavy atom. The van der Waals surface area contributed by atoms with Crippen LogP contribution >= 0.6 is 0 Å². The standard InChI is InChI=1S/C9H14F3NO2.2C2H6/c1-2-3-13-7(14)6-4-8(15,5-6)9(10,11)12;2*1-2/h6,15H,2-5H2,1H3,(H,13,14);2*1-2H3. The van der Waals surface area contributed by atoms with E-state index in [9.17, 15) is 18.0 Å². The van der Waals surface area contributed by atoms with Gasteiger partial charge in [-0.05, 0) is 19.3 Å². The smallest absolute Gasteiger partial charge is 0.380 e. The van der Waals surface area contributed by atoms with Gasteiger partial charge in [0.15, 0.2) is 5.60 Å². The lowest BCUT2D eigenvalue weighted by Gasteiger charge is -2.43. The van der Waals surface area contributed by atoms with E-state index in [1.165, 1.54) is 0 Å². The molecule has 1 aliphatic rings. The molecule has 0 saturated heterocycles. The minimum absolute atomic E-state index is 0.397. The first-order chi connectivity index (χ1) is 8.80. The number of nitrogens with one attached hydrogen (secondary N) is 1. The quantitative estimate of drug-likeness (QED) is 0.836. The third kappa shape index (κ3) is 5.80. The third-order valence-corrected chi connectivity index (χ3v) is 2.62. The van der Waals surface area contributed by atoms with E-state index in [1.807, 2.05) is 34.6 Å². The zero-order valence-corrected chi connectivity index (χ0v) is 12.4. The number of halogens is 3. The summed E-state index contributed by atoms with van der Waals surface area (Å²) in [5.74, 6) is -1.10. The maximum absolute atomic E-state index is 12.2. The molecule has 1 fully saturated rings. The predicted molar refractivity (Wildman–Crippen MR) is 69.7 cm³/mol. The van der Waals surface area contributed by atoms with Gasteiger partial charge in [-0.25, -0.2) is 0 Å². The number of hydrogen-bond donors (Lipinski definition) is 2. The van der Waals surface area contributed by atoms with E-state index < -0.39 is 36.4 Å². The van der Waals surface area contributed by atoms with E-state index in [4.69, 9.17) is 5.11 Å². The van der Waals surface area contributed by atoms with Crippen LogP contribution in [0.2, 0.25) is 0 Å². The molecule has 1 amide bonds. The Morgan fingerprint density at radius 2 is 1.68 bits per heavy atom. The van der Waals surface area contributed by atoms with Gasteiger partial charge >= 0.3 is 6.18 Å². The molecule has 116 valence electrons. The van der Waals surface area contributed by atoms with Crippen molar-refractivity contribution in [3.05, 3.63) is 0 Å². The van der Waals surface area contributed by atoms with Gasteiger partial charge in [0, 0.05) is 12.5 Å². The summed E-state index contributed by atoms with van der Waals surface area (Å²) in [5.41, 5.74) is -2.65. The van der Waals surface area contributed by atoms with E-state index in [2.05, 4.69) is 5.32 Å². The lowest BCUT2D eigenvalue weighted by atomic mass is 9.70. The van der Waals surface area contributed by atoms with Gasteiger partial charge < -0.3 is 10.4 Å². The van der Waals surface area contributed by atoms with Crippen molar-refractivity contribution in [1.29, 1.82) is 0 Å². The summed E-state index contributed by atoms with van der Waals surface area (Å²) in [6, 6.07) is 0. The second-order valence-electron chi connectivity index (χ2n) is 3.93. The van der Waals surface area contributed by atoms with E-state index in [0.717, 1.165) is 6.42 Å². The Labute approximate surface area is 113 Å². The monoisotopic (exact) mass is 285 g/mol. The molecule has 1 rings (SSSR count). The molecule has 0 spiro atoms. The highest BCUT2D eigenvalue weighted by Gasteiger charge is 2.62. The second-order valence-corrected chi connectivity index (χ2v) is 3.93. The highest BCUT2D eigenvalue weighted by Crippen LogP contribution is 2.48. The Balaban J connectivity index is 0. The van der Waals surface area contributed by atoms with Gasteiger partial charge in [0.05, 0.1) is 0 Å². The first kappa shape index (κ1) is 20.5. The molecule has 0 aliphatic heterocycles. The van der Waals surface area contributed by atoms with Crippen LogP contribution in [-0.2, 0) is 4.79 Å². The summed E-state index contributed by atoms with van der Waals surface area (Å²) in [6.07, 6.45) is -4.94. The predicted octanol–water partition coefficient (Wildman–Crippen LogP) is 3.27. The van der Waals surface area contributed by atoms with Crippen molar-refractivity contribution >= 4 is 5.91 Å². The van der Waals surface area contributed by atoms with E-state index in [-0.39, 0.29) is 0 Å². The minimum Gasteiger partial charge on any atom is -0.380 e. The van der Waals surface area contributed by atoms with Crippen molar-refractivity contribution in [2.24, 2.45) is 5.92 Å². The molecule has 19 heavy (non-hydrogen) atoms. The number of carbonyl (C=O) groups is 1. The highest BCUT2D eigenvalue weighted by molar-refractivity contribution is 5.80. The maximum Gasteiger partial charge on any atom is 0.417 e. The fourth-order valence-electron chi connectivity index (χ4n) is 1.56. The van der Waals surface area contributed by atoms with Crippen molar-refractivity contribution in [3.63, 3.8) is 0 Å². The molecule has 0 heterocycles. The fourth-order valence-corrected chi connectivity index (χ4v) is 1.56. The zero-order valence-electron chi connectivity index (χ0n) is 12.4. The van der Waals surface area contributed by atoms with Crippen LogP contribution in [0.25, 0.3) is 0 Å². The van der Waals surface area contributed by atoms with Crippen LogP contribution in [0, 0.1) is 5.92 Å². The number of hydrogen-bond acceptors (Lipinski definition) is 2. The van der Waals surface area contributed by atoms with Crippen molar-refractivity contribution in [1.82, 2.24) is 5.32 Å². The topological polar surface area (TPSA) is 49.3 Å². The molecule has 1 aliphatic carbocycles. The summed E-state index contributed by atoms with van der Waals surface area (Å²) >= 11 is 0. The Bertz CT molecular complexity index is 249. The van der Waals surface area contributed by atoms with Gasteiger partial charge in [-0.1, -0.05) is 34.6 Å². The molecule has 0 aromatic heterocycles. The third-order valence-electron chi connectivity index (χ3n) is 2.62. The minimum atomic E-state index is -4.63. The number of rotatable bonds is 3. The summed E-state index contributed by atoms with van der Waals surface area (Å²) in [6.45, 7) is 10.3. The molecule has 0 aromatic carbocycles. The van der Waals surface area contributed by atoms with Crippen molar-refractivity contribution < 1.29 is 23.1 Å². The molecule has 2 N–H and O–H groups in total. The summed E-state index contributed by atoms with van der Waals surface area (Å²) in [4.78, 5) is 11.2. The van der Waals surface area contributed by atoms with Gasteiger partial charge in [0.2, 0.25) is 5.91 Å². The van der Waals surface area contributed by atoms with Crippen LogP contribution in [0.3, 0.4) is 0 Å². The van der Waals surface area contributed by atoms with Gasteiger partial charge in [0.25, 0.3) is 0 Å². The SMILES string of the molecule is CC.CC.CCCNC(=O)C1CC(O)(C(F)(F)F)C1.